The van der Waals surface area contributed by atoms with Gasteiger partial charge in [-0.1, -0.05) is 39.8 Å². The van der Waals surface area contributed by atoms with Gasteiger partial charge in [-0.2, -0.15) is 0 Å². The number of nitrogens with one attached hydrogen (secondary N) is 1. The van der Waals surface area contributed by atoms with E-state index in [1.54, 1.807) is 0 Å². The Morgan fingerprint density at radius 1 is 1.33 bits per heavy atom. The second-order valence-electron chi connectivity index (χ2n) is 7.63. The molecule has 0 aromatic heterocycles. The zero-order valence-corrected chi connectivity index (χ0v) is 13.7. The van der Waals surface area contributed by atoms with Crippen LogP contribution in [0.5, 0.6) is 0 Å². The number of hydrogen-bond acceptors (Lipinski definition) is 2. The molecule has 1 heterocycles. The Hall–Kier alpha value is -1.35. The summed E-state index contributed by atoms with van der Waals surface area (Å²) >= 11 is 0. The molecule has 21 heavy (non-hydrogen) atoms. The van der Waals surface area contributed by atoms with E-state index in [0.29, 0.717) is 11.3 Å². The van der Waals surface area contributed by atoms with Crippen molar-refractivity contribution in [1.29, 1.82) is 0 Å². The molecule has 2 atom stereocenters. The lowest BCUT2D eigenvalue weighted by Crippen LogP contribution is -2.32. The average Bonchev–Trinajstić information content (AvgIpc) is 2.36. The first kappa shape index (κ1) is 16.0. The van der Waals surface area contributed by atoms with Crippen molar-refractivity contribution in [3.8, 4) is 0 Å². The van der Waals surface area contributed by atoms with Crippen molar-refractivity contribution in [1.82, 2.24) is 5.32 Å². The number of nitrogens with two attached hydrogens (primary N) is 1. The van der Waals surface area contributed by atoms with Crippen molar-refractivity contribution < 1.29 is 4.79 Å². The molecule has 0 radical (unpaired) electrons. The molecule has 0 aliphatic carbocycles. The summed E-state index contributed by atoms with van der Waals surface area (Å²) in [6, 6.07) is 6.14. The molecule has 1 amide bonds. The lowest BCUT2D eigenvalue weighted by atomic mass is 9.82. The summed E-state index contributed by atoms with van der Waals surface area (Å²) in [5.41, 5.74) is 9.71. The van der Waals surface area contributed by atoms with Crippen LogP contribution in [0.1, 0.15) is 68.1 Å². The minimum Gasteiger partial charge on any atom is -0.352 e. The van der Waals surface area contributed by atoms with E-state index in [1.807, 2.05) is 6.07 Å². The lowest BCUT2D eigenvalue weighted by Gasteiger charge is -2.26. The molecule has 1 aliphatic rings. The Balaban J connectivity index is 2.08. The summed E-state index contributed by atoms with van der Waals surface area (Å²) in [5.74, 6) is 0.609. The van der Waals surface area contributed by atoms with Crippen LogP contribution in [0.25, 0.3) is 0 Å². The highest BCUT2D eigenvalue weighted by Crippen LogP contribution is 2.30. The van der Waals surface area contributed by atoms with E-state index in [2.05, 4.69) is 45.1 Å². The van der Waals surface area contributed by atoms with Crippen LogP contribution in [-0.2, 0) is 6.42 Å². The van der Waals surface area contributed by atoms with Crippen molar-refractivity contribution in [2.24, 2.45) is 17.1 Å². The highest BCUT2D eigenvalue weighted by molar-refractivity contribution is 5.96. The monoisotopic (exact) mass is 288 g/mol. The Morgan fingerprint density at radius 3 is 2.71 bits per heavy atom. The molecule has 2 rings (SSSR count). The van der Waals surface area contributed by atoms with Gasteiger partial charge in [-0.15, -0.1) is 0 Å². The fourth-order valence-electron chi connectivity index (χ4n) is 3.36. The third-order valence-electron chi connectivity index (χ3n) is 4.10. The van der Waals surface area contributed by atoms with E-state index in [1.165, 1.54) is 0 Å². The first-order valence-corrected chi connectivity index (χ1v) is 7.93. The maximum absolute atomic E-state index is 11.9. The van der Waals surface area contributed by atoms with Crippen LogP contribution in [0.4, 0.5) is 0 Å². The summed E-state index contributed by atoms with van der Waals surface area (Å²) in [4.78, 5) is 11.9. The first-order valence-electron chi connectivity index (χ1n) is 7.93. The molecule has 2 unspecified atom stereocenters. The van der Waals surface area contributed by atoms with Gasteiger partial charge >= 0.3 is 0 Å². The van der Waals surface area contributed by atoms with E-state index in [0.717, 1.165) is 42.5 Å². The number of carbonyl (C=O) groups is 1. The number of carbonyl (C=O) groups excluding carboxylic acids is 1. The van der Waals surface area contributed by atoms with Crippen LogP contribution in [0, 0.1) is 11.3 Å². The van der Waals surface area contributed by atoms with Crippen molar-refractivity contribution in [3.63, 3.8) is 0 Å². The maximum Gasteiger partial charge on any atom is 0.251 e. The number of fused-ring (bicyclic) bond motifs is 1. The molecule has 1 aromatic rings. The molecule has 0 saturated carbocycles. The van der Waals surface area contributed by atoms with Gasteiger partial charge in [-0.05, 0) is 47.8 Å². The van der Waals surface area contributed by atoms with Crippen LogP contribution in [0.15, 0.2) is 18.2 Å². The van der Waals surface area contributed by atoms with E-state index in [9.17, 15) is 4.79 Å². The first-order chi connectivity index (χ1) is 9.76. The topological polar surface area (TPSA) is 55.1 Å². The number of amides is 1. The van der Waals surface area contributed by atoms with Crippen LogP contribution < -0.4 is 11.1 Å². The molecule has 1 aromatic carbocycles. The fourth-order valence-corrected chi connectivity index (χ4v) is 3.36. The molecular weight excluding hydrogens is 260 g/mol. The largest absolute Gasteiger partial charge is 0.352 e. The third-order valence-corrected chi connectivity index (χ3v) is 4.10. The summed E-state index contributed by atoms with van der Waals surface area (Å²) in [7, 11) is 0. The van der Waals surface area contributed by atoms with Crippen LogP contribution in [0.3, 0.4) is 0 Å². The summed E-state index contributed by atoms with van der Waals surface area (Å²) in [5, 5.41) is 2.90. The van der Waals surface area contributed by atoms with Crippen molar-refractivity contribution in [2.75, 3.05) is 6.54 Å². The highest BCUT2D eigenvalue weighted by Gasteiger charge is 2.21. The lowest BCUT2D eigenvalue weighted by molar-refractivity contribution is 0.0946. The summed E-state index contributed by atoms with van der Waals surface area (Å²) in [6.07, 6.45) is 3.03. The van der Waals surface area contributed by atoms with Crippen molar-refractivity contribution >= 4 is 5.91 Å². The van der Waals surface area contributed by atoms with E-state index >= 15 is 0 Å². The van der Waals surface area contributed by atoms with Crippen molar-refractivity contribution in [3.05, 3.63) is 34.9 Å². The van der Waals surface area contributed by atoms with Crippen molar-refractivity contribution in [2.45, 2.75) is 53.0 Å². The van der Waals surface area contributed by atoms with Crippen LogP contribution in [0.2, 0.25) is 0 Å². The van der Waals surface area contributed by atoms with Gasteiger partial charge in [0.15, 0.2) is 0 Å². The zero-order valence-electron chi connectivity index (χ0n) is 13.7. The second-order valence-corrected chi connectivity index (χ2v) is 7.63. The molecule has 0 fully saturated rings. The molecule has 3 heteroatoms. The molecule has 3 nitrogen and oxygen atoms in total. The molecule has 116 valence electrons. The molecular formula is C18H28N2O. The average molecular weight is 288 g/mol. The van der Waals surface area contributed by atoms with Gasteiger partial charge in [0.1, 0.15) is 0 Å². The number of benzene rings is 1. The Labute approximate surface area is 128 Å². The standard InChI is InChI=1S/C18H28N2O/c1-12(11-18(2,3)4)9-16(19)14-6-5-13-7-8-20-17(21)15(13)10-14/h5-6,10,12,16H,7-9,11,19H2,1-4H3,(H,20,21). The Morgan fingerprint density at radius 2 is 2.05 bits per heavy atom. The summed E-state index contributed by atoms with van der Waals surface area (Å²) < 4.78 is 0. The second kappa shape index (κ2) is 6.18. The molecule has 1 aliphatic heterocycles. The number of hydrogen-bond donors (Lipinski definition) is 2. The Kier molecular flexibility index (Phi) is 4.72. The molecule has 0 bridgehead atoms. The SMILES string of the molecule is CC(CC(N)c1ccc2c(c1)C(=O)NCC2)CC(C)(C)C. The normalized spacial score (nSPS) is 17.9. The van der Waals surface area contributed by atoms with E-state index in [4.69, 9.17) is 5.73 Å². The van der Waals surface area contributed by atoms with Gasteiger partial charge < -0.3 is 11.1 Å². The maximum atomic E-state index is 11.9. The Bertz CT molecular complexity index is 516. The predicted octanol–water partition coefficient (Wildman–Crippen LogP) is 3.43. The molecule has 0 saturated heterocycles. The molecule has 0 spiro atoms. The number of rotatable bonds is 4. The van der Waals surface area contributed by atoms with Gasteiger partial charge in [-0.25, -0.2) is 0 Å². The third kappa shape index (κ3) is 4.31. The highest BCUT2D eigenvalue weighted by atomic mass is 16.1. The van der Waals surface area contributed by atoms with Crippen LogP contribution >= 0.6 is 0 Å². The summed E-state index contributed by atoms with van der Waals surface area (Å²) in [6.45, 7) is 9.78. The minimum absolute atomic E-state index is 0.00220. The minimum atomic E-state index is 0.00220. The van der Waals surface area contributed by atoms with E-state index in [-0.39, 0.29) is 11.9 Å². The van der Waals surface area contributed by atoms with Gasteiger partial charge in [0, 0.05) is 18.2 Å². The predicted molar refractivity (Wildman–Crippen MR) is 87.3 cm³/mol. The zero-order chi connectivity index (χ0) is 15.6. The fraction of sp³-hybridized carbons (Fsp3) is 0.611. The van der Waals surface area contributed by atoms with Gasteiger partial charge in [0.2, 0.25) is 0 Å². The van der Waals surface area contributed by atoms with Gasteiger partial charge in [0.25, 0.3) is 5.91 Å². The van der Waals surface area contributed by atoms with E-state index < -0.39 is 0 Å². The molecule has 3 N–H and O–H groups in total. The van der Waals surface area contributed by atoms with Crippen LogP contribution in [-0.4, -0.2) is 12.5 Å². The smallest absolute Gasteiger partial charge is 0.251 e. The quantitative estimate of drug-likeness (QED) is 0.891. The van der Waals surface area contributed by atoms with Gasteiger partial charge in [0.05, 0.1) is 0 Å². The van der Waals surface area contributed by atoms with Gasteiger partial charge in [-0.3, -0.25) is 4.79 Å².